The maximum absolute atomic E-state index is 11.9. The highest BCUT2D eigenvalue weighted by atomic mass is 16.6. The van der Waals surface area contributed by atoms with Gasteiger partial charge in [0, 0.05) is 12.6 Å². The molecule has 3 N–H and O–H groups in total. The van der Waals surface area contributed by atoms with Crippen LogP contribution in [-0.2, 0) is 0 Å². The predicted octanol–water partition coefficient (Wildman–Crippen LogP) is 2.13. The van der Waals surface area contributed by atoms with Crippen molar-refractivity contribution in [2.75, 3.05) is 12.3 Å². The molecule has 0 spiro atoms. The monoisotopic (exact) mass is 280 g/mol. The van der Waals surface area contributed by atoms with Crippen LogP contribution < -0.4 is 11.1 Å². The van der Waals surface area contributed by atoms with Crippen molar-refractivity contribution in [2.24, 2.45) is 5.92 Å². The molecule has 0 aromatic carbocycles. The average Bonchev–Trinajstić information content (AvgIpc) is 2.37. The Morgan fingerprint density at radius 3 is 2.80 bits per heavy atom. The van der Waals surface area contributed by atoms with Gasteiger partial charge < -0.3 is 11.1 Å². The SMILES string of the molecule is CC(C)CCCCNC(=O)c1cc([N+](=O)[O-])cnc1N. The number of rotatable bonds is 7. The zero-order valence-corrected chi connectivity index (χ0v) is 11.8. The minimum absolute atomic E-state index is 0.00437. The maximum Gasteiger partial charge on any atom is 0.288 e. The van der Waals surface area contributed by atoms with Gasteiger partial charge in [-0.2, -0.15) is 0 Å². The largest absolute Gasteiger partial charge is 0.383 e. The van der Waals surface area contributed by atoms with E-state index in [-0.39, 0.29) is 17.1 Å². The van der Waals surface area contributed by atoms with E-state index in [0.717, 1.165) is 31.5 Å². The number of amides is 1. The quantitative estimate of drug-likeness (QED) is 0.451. The normalized spacial score (nSPS) is 10.6. The molecule has 0 saturated heterocycles. The number of pyridine rings is 1. The Kier molecular flexibility index (Phi) is 5.89. The first-order chi connectivity index (χ1) is 9.41. The number of carbonyl (C=O) groups excluding carboxylic acids is 1. The van der Waals surface area contributed by atoms with Gasteiger partial charge in [-0.3, -0.25) is 14.9 Å². The van der Waals surface area contributed by atoms with Crippen LogP contribution in [0.1, 0.15) is 43.5 Å². The lowest BCUT2D eigenvalue weighted by atomic mass is 10.1. The summed E-state index contributed by atoms with van der Waals surface area (Å²) in [7, 11) is 0. The van der Waals surface area contributed by atoms with E-state index in [4.69, 9.17) is 5.73 Å². The van der Waals surface area contributed by atoms with Gasteiger partial charge in [-0.1, -0.05) is 26.7 Å². The number of aromatic nitrogens is 1. The molecule has 1 rings (SSSR count). The van der Waals surface area contributed by atoms with Crippen LogP contribution in [0.25, 0.3) is 0 Å². The maximum atomic E-state index is 11.9. The number of nitrogen functional groups attached to an aromatic ring is 1. The van der Waals surface area contributed by atoms with Crippen molar-refractivity contribution in [3.8, 4) is 0 Å². The topological polar surface area (TPSA) is 111 Å². The second-order valence-corrected chi connectivity index (χ2v) is 5.03. The molecular formula is C13H20N4O3. The molecule has 0 aliphatic carbocycles. The fraction of sp³-hybridized carbons (Fsp3) is 0.538. The molecule has 1 amide bonds. The van der Waals surface area contributed by atoms with Gasteiger partial charge in [-0.25, -0.2) is 4.98 Å². The van der Waals surface area contributed by atoms with Gasteiger partial charge in [-0.15, -0.1) is 0 Å². The molecule has 0 bridgehead atoms. The Morgan fingerprint density at radius 2 is 2.20 bits per heavy atom. The lowest BCUT2D eigenvalue weighted by Gasteiger charge is -2.07. The minimum Gasteiger partial charge on any atom is -0.383 e. The first-order valence-electron chi connectivity index (χ1n) is 6.60. The fourth-order valence-electron chi connectivity index (χ4n) is 1.72. The van der Waals surface area contributed by atoms with Crippen molar-refractivity contribution in [3.63, 3.8) is 0 Å². The first-order valence-corrected chi connectivity index (χ1v) is 6.60. The molecular weight excluding hydrogens is 260 g/mol. The molecule has 0 fully saturated rings. The van der Waals surface area contributed by atoms with Crippen molar-refractivity contribution in [3.05, 3.63) is 27.9 Å². The Labute approximate surface area is 117 Å². The summed E-state index contributed by atoms with van der Waals surface area (Å²) in [5.41, 5.74) is 5.36. The van der Waals surface area contributed by atoms with Gasteiger partial charge in [0.2, 0.25) is 0 Å². The number of nitrogens with zero attached hydrogens (tertiary/aromatic N) is 2. The molecule has 7 heteroatoms. The van der Waals surface area contributed by atoms with Gasteiger partial charge in [0.15, 0.2) is 0 Å². The molecule has 0 unspecified atom stereocenters. The van der Waals surface area contributed by atoms with Crippen molar-refractivity contribution < 1.29 is 9.72 Å². The van der Waals surface area contributed by atoms with E-state index in [0.29, 0.717) is 12.5 Å². The highest BCUT2D eigenvalue weighted by Crippen LogP contribution is 2.16. The molecule has 1 aromatic heterocycles. The van der Waals surface area contributed by atoms with Crippen LogP contribution in [0.4, 0.5) is 11.5 Å². The molecule has 0 radical (unpaired) electrons. The third-order valence-electron chi connectivity index (χ3n) is 2.85. The average molecular weight is 280 g/mol. The summed E-state index contributed by atoms with van der Waals surface area (Å²) in [6, 6.07) is 1.14. The van der Waals surface area contributed by atoms with E-state index < -0.39 is 10.8 Å². The van der Waals surface area contributed by atoms with Gasteiger partial charge in [0.05, 0.1) is 10.5 Å². The van der Waals surface area contributed by atoms with Gasteiger partial charge >= 0.3 is 0 Å². The number of nitrogens with one attached hydrogen (secondary N) is 1. The van der Waals surface area contributed by atoms with Gasteiger partial charge in [0.25, 0.3) is 11.6 Å². The van der Waals surface area contributed by atoms with Crippen LogP contribution >= 0.6 is 0 Å². The number of hydrogen-bond acceptors (Lipinski definition) is 5. The van der Waals surface area contributed by atoms with Crippen molar-refractivity contribution in [1.29, 1.82) is 0 Å². The predicted molar refractivity (Wildman–Crippen MR) is 76.3 cm³/mol. The number of unbranched alkanes of at least 4 members (excludes halogenated alkanes) is 1. The lowest BCUT2D eigenvalue weighted by molar-refractivity contribution is -0.385. The Bertz CT molecular complexity index is 489. The second-order valence-electron chi connectivity index (χ2n) is 5.03. The Hall–Kier alpha value is -2.18. The molecule has 0 saturated carbocycles. The number of anilines is 1. The number of nitro groups is 1. The zero-order chi connectivity index (χ0) is 15.1. The summed E-state index contributed by atoms with van der Waals surface area (Å²) in [6.07, 6.45) is 4.04. The lowest BCUT2D eigenvalue weighted by Crippen LogP contribution is -2.25. The number of carbonyl (C=O) groups is 1. The third kappa shape index (κ3) is 4.83. The van der Waals surface area contributed by atoms with Crippen LogP contribution in [-0.4, -0.2) is 22.4 Å². The highest BCUT2D eigenvalue weighted by Gasteiger charge is 2.16. The smallest absolute Gasteiger partial charge is 0.288 e. The summed E-state index contributed by atoms with van der Waals surface area (Å²) in [6.45, 7) is 4.82. The summed E-state index contributed by atoms with van der Waals surface area (Å²) >= 11 is 0. The van der Waals surface area contributed by atoms with Crippen molar-refractivity contribution in [1.82, 2.24) is 10.3 Å². The Balaban J connectivity index is 2.55. The van der Waals surface area contributed by atoms with Gasteiger partial charge in [0.1, 0.15) is 12.0 Å². The third-order valence-corrected chi connectivity index (χ3v) is 2.85. The molecule has 0 aliphatic heterocycles. The standard InChI is InChI=1S/C13H20N4O3/c1-9(2)5-3-4-6-15-13(18)11-7-10(17(19)20)8-16-12(11)14/h7-9H,3-6H2,1-2H3,(H2,14,16)(H,15,18). The van der Waals surface area contributed by atoms with E-state index >= 15 is 0 Å². The van der Waals surface area contributed by atoms with E-state index in [1.807, 2.05) is 0 Å². The van der Waals surface area contributed by atoms with Gasteiger partial charge in [-0.05, 0) is 12.3 Å². The van der Waals surface area contributed by atoms with Crippen LogP contribution in [0.5, 0.6) is 0 Å². The molecule has 0 atom stereocenters. The van der Waals surface area contributed by atoms with E-state index in [9.17, 15) is 14.9 Å². The van der Waals surface area contributed by atoms with E-state index in [2.05, 4.69) is 24.1 Å². The molecule has 1 aromatic rings. The number of hydrogen-bond donors (Lipinski definition) is 2. The molecule has 7 nitrogen and oxygen atoms in total. The molecule has 20 heavy (non-hydrogen) atoms. The van der Waals surface area contributed by atoms with E-state index in [1.165, 1.54) is 0 Å². The molecule has 110 valence electrons. The zero-order valence-electron chi connectivity index (χ0n) is 11.8. The summed E-state index contributed by atoms with van der Waals surface area (Å²) < 4.78 is 0. The van der Waals surface area contributed by atoms with Crippen LogP contribution in [0.3, 0.4) is 0 Å². The molecule has 0 aliphatic rings. The van der Waals surface area contributed by atoms with Crippen molar-refractivity contribution in [2.45, 2.75) is 33.1 Å². The number of nitrogens with two attached hydrogens (primary N) is 1. The highest BCUT2D eigenvalue weighted by molar-refractivity contribution is 5.98. The van der Waals surface area contributed by atoms with Crippen molar-refractivity contribution >= 4 is 17.4 Å². The van der Waals surface area contributed by atoms with E-state index in [1.54, 1.807) is 0 Å². The first kappa shape index (κ1) is 15.9. The Morgan fingerprint density at radius 1 is 1.50 bits per heavy atom. The fourth-order valence-corrected chi connectivity index (χ4v) is 1.72. The minimum atomic E-state index is -0.605. The van der Waals surface area contributed by atoms with Crippen LogP contribution in [0.15, 0.2) is 12.3 Å². The summed E-state index contributed by atoms with van der Waals surface area (Å²) in [4.78, 5) is 25.6. The van der Waals surface area contributed by atoms with Crippen LogP contribution in [0, 0.1) is 16.0 Å². The van der Waals surface area contributed by atoms with Crippen LogP contribution in [0.2, 0.25) is 0 Å². The molecule has 1 heterocycles. The second kappa shape index (κ2) is 7.42. The summed E-state index contributed by atoms with van der Waals surface area (Å²) in [5, 5.41) is 13.3. The summed E-state index contributed by atoms with van der Waals surface area (Å²) in [5.74, 6) is 0.209.